The third kappa shape index (κ3) is 3.06. The minimum Gasteiger partial charge on any atom is -0.374 e. The van der Waals surface area contributed by atoms with E-state index in [0.717, 1.165) is 0 Å². The second-order valence-corrected chi connectivity index (χ2v) is 4.16. The molecule has 0 bridgehead atoms. The van der Waals surface area contributed by atoms with Crippen molar-refractivity contribution in [2.45, 2.75) is 18.9 Å². The monoisotopic (exact) mass is 262 g/mol. The van der Waals surface area contributed by atoms with Crippen LogP contribution in [0.5, 0.6) is 0 Å². The SMILES string of the molecule is CNC(=O)c1cc(NC2CCC(=O)NC2=O)ccn1. The lowest BCUT2D eigenvalue weighted by atomic mass is 10.1. The van der Waals surface area contributed by atoms with Crippen LogP contribution in [0, 0.1) is 0 Å². The van der Waals surface area contributed by atoms with E-state index in [1.165, 1.54) is 13.2 Å². The van der Waals surface area contributed by atoms with Gasteiger partial charge in [0.15, 0.2) is 0 Å². The number of imide groups is 1. The summed E-state index contributed by atoms with van der Waals surface area (Å²) in [5.74, 6) is -0.912. The van der Waals surface area contributed by atoms with Crippen LogP contribution in [0.2, 0.25) is 0 Å². The van der Waals surface area contributed by atoms with E-state index in [1.807, 2.05) is 0 Å². The molecule has 1 aliphatic rings. The number of hydrogen-bond acceptors (Lipinski definition) is 5. The third-order valence-corrected chi connectivity index (χ3v) is 2.80. The maximum absolute atomic E-state index is 11.6. The van der Waals surface area contributed by atoms with Crippen molar-refractivity contribution in [3.8, 4) is 0 Å². The molecule has 1 aromatic rings. The number of nitrogens with one attached hydrogen (secondary N) is 3. The van der Waals surface area contributed by atoms with Crippen LogP contribution in [-0.2, 0) is 9.59 Å². The Morgan fingerprint density at radius 3 is 2.95 bits per heavy atom. The predicted molar refractivity (Wildman–Crippen MR) is 67.4 cm³/mol. The zero-order valence-corrected chi connectivity index (χ0v) is 10.4. The van der Waals surface area contributed by atoms with Gasteiger partial charge in [0, 0.05) is 25.4 Å². The van der Waals surface area contributed by atoms with Crippen LogP contribution in [0.15, 0.2) is 18.3 Å². The zero-order valence-electron chi connectivity index (χ0n) is 10.4. The summed E-state index contributed by atoms with van der Waals surface area (Å²) in [6.45, 7) is 0. The van der Waals surface area contributed by atoms with Gasteiger partial charge in [-0.1, -0.05) is 0 Å². The van der Waals surface area contributed by atoms with Gasteiger partial charge in [0.25, 0.3) is 5.91 Å². The Bertz CT molecular complexity index is 529. The van der Waals surface area contributed by atoms with Crippen LogP contribution in [0.4, 0.5) is 5.69 Å². The second kappa shape index (κ2) is 5.47. The van der Waals surface area contributed by atoms with Gasteiger partial charge in [0.2, 0.25) is 11.8 Å². The van der Waals surface area contributed by atoms with E-state index in [9.17, 15) is 14.4 Å². The molecule has 2 rings (SSSR count). The fourth-order valence-corrected chi connectivity index (χ4v) is 1.81. The van der Waals surface area contributed by atoms with Gasteiger partial charge in [-0.05, 0) is 18.6 Å². The van der Waals surface area contributed by atoms with Crippen molar-refractivity contribution in [3.05, 3.63) is 24.0 Å². The molecule has 0 aromatic carbocycles. The van der Waals surface area contributed by atoms with E-state index < -0.39 is 6.04 Å². The normalized spacial score (nSPS) is 18.7. The summed E-state index contributed by atoms with van der Waals surface area (Å²) in [6, 6.07) is 2.75. The molecule has 1 atom stereocenters. The summed E-state index contributed by atoms with van der Waals surface area (Å²) >= 11 is 0. The van der Waals surface area contributed by atoms with Gasteiger partial charge in [-0.15, -0.1) is 0 Å². The van der Waals surface area contributed by atoms with Gasteiger partial charge < -0.3 is 10.6 Å². The summed E-state index contributed by atoms with van der Waals surface area (Å²) in [5.41, 5.74) is 0.878. The summed E-state index contributed by atoms with van der Waals surface area (Å²) < 4.78 is 0. The summed E-state index contributed by atoms with van der Waals surface area (Å²) in [7, 11) is 1.52. The molecule has 2 heterocycles. The summed E-state index contributed by atoms with van der Waals surface area (Å²) in [4.78, 5) is 38.0. The molecule has 1 fully saturated rings. The first-order valence-corrected chi connectivity index (χ1v) is 5.88. The summed E-state index contributed by atoms with van der Waals surface area (Å²) in [5, 5.41) is 7.72. The molecule has 0 saturated carbocycles. The number of hydrogen-bond donors (Lipinski definition) is 3. The number of aromatic nitrogens is 1. The van der Waals surface area contributed by atoms with E-state index >= 15 is 0 Å². The Morgan fingerprint density at radius 1 is 1.47 bits per heavy atom. The minimum absolute atomic E-state index is 0.260. The van der Waals surface area contributed by atoms with Crippen molar-refractivity contribution in [3.63, 3.8) is 0 Å². The molecular formula is C12H14N4O3. The van der Waals surface area contributed by atoms with Crippen molar-refractivity contribution < 1.29 is 14.4 Å². The zero-order chi connectivity index (χ0) is 13.8. The standard InChI is InChI=1S/C12H14N4O3/c1-13-11(18)9-6-7(4-5-14-9)15-8-2-3-10(17)16-12(8)19/h4-6,8H,2-3H2,1H3,(H,13,18)(H,14,15)(H,16,17,19). The number of rotatable bonds is 3. The van der Waals surface area contributed by atoms with Crippen molar-refractivity contribution in [1.29, 1.82) is 0 Å². The molecule has 0 spiro atoms. The van der Waals surface area contributed by atoms with E-state index in [4.69, 9.17) is 0 Å². The lowest BCUT2D eigenvalue weighted by Crippen LogP contribution is -2.47. The van der Waals surface area contributed by atoms with Gasteiger partial charge in [0.05, 0.1) is 0 Å². The van der Waals surface area contributed by atoms with Gasteiger partial charge in [0.1, 0.15) is 11.7 Å². The number of anilines is 1. The average Bonchev–Trinajstić information content (AvgIpc) is 2.41. The number of carbonyl (C=O) groups is 3. The van der Waals surface area contributed by atoms with Crippen LogP contribution in [0.3, 0.4) is 0 Å². The number of carbonyl (C=O) groups excluding carboxylic acids is 3. The molecule has 1 saturated heterocycles. The fourth-order valence-electron chi connectivity index (χ4n) is 1.81. The highest BCUT2D eigenvalue weighted by molar-refractivity contribution is 6.01. The topological polar surface area (TPSA) is 100 Å². The second-order valence-electron chi connectivity index (χ2n) is 4.16. The van der Waals surface area contributed by atoms with E-state index in [-0.39, 0.29) is 23.4 Å². The van der Waals surface area contributed by atoms with Gasteiger partial charge >= 0.3 is 0 Å². The Balaban J connectivity index is 2.09. The molecule has 3 N–H and O–H groups in total. The first kappa shape index (κ1) is 13.0. The smallest absolute Gasteiger partial charge is 0.269 e. The Morgan fingerprint density at radius 2 is 2.26 bits per heavy atom. The highest BCUT2D eigenvalue weighted by Crippen LogP contribution is 2.14. The van der Waals surface area contributed by atoms with Crippen molar-refractivity contribution in [1.82, 2.24) is 15.6 Å². The summed E-state index contributed by atoms with van der Waals surface area (Å²) in [6.07, 6.45) is 2.22. The Kier molecular flexibility index (Phi) is 3.74. The molecule has 7 nitrogen and oxygen atoms in total. The van der Waals surface area contributed by atoms with Crippen LogP contribution in [0.1, 0.15) is 23.3 Å². The number of piperidine rings is 1. The van der Waals surface area contributed by atoms with Crippen molar-refractivity contribution >= 4 is 23.4 Å². The predicted octanol–water partition coefficient (Wildman–Crippen LogP) is -0.342. The molecule has 19 heavy (non-hydrogen) atoms. The highest BCUT2D eigenvalue weighted by atomic mass is 16.2. The minimum atomic E-state index is -0.474. The molecule has 1 aromatic heterocycles. The number of amides is 3. The molecule has 7 heteroatoms. The van der Waals surface area contributed by atoms with Crippen molar-refractivity contribution in [2.24, 2.45) is 0 Å². The van der Waals surface area contributed by atoms with Gasteiger partial charge in [-0.25, -0.2) is 0 Å². The fraction of sp³-hybridized carbons (Fsp3) is 0.333. The quantitative estimate of drug-likeness (QED) is 0.647. The largest absolute Gasteiger partial charge is 0.374 e. The molecule has 3 amide bonds. The molecule has 1 aliphatic heterocycles. The average molecular weight is 262 g/mol. The highest BCUT2D eigenvalue weighted by Gasteiger charge is 2.26. The van der Waals surface area contributed by atoms with E-state index in [0.29, 0.717) is 18.5 Å². The Labute approximate surface area is 109 Å². The van der Waals surface area contributed by atoms with Gasteiger partial charge in [-0.3, -0.25) is 24.7 Å². The van der Waals surface area contributed by atoms with Crippen LogP contribution in [0.25, 0.3) is 0 Å². The van der Waals surface area contributed by atoms with Crippen LogP contribution >= 0.6 is 0 Å². The first-order valence-electron chi connectivity index (χ1n) is 5.88. The van der Waals surface area contributed by atoms with E-state index in [1.54, 1.807) is 12.1 Å². The molecule has 0 aliphatic carbocycles. The third-order valence-electron chi connectivity index (χ3n) is 2.80. The maximum Gasteiger partial charge on any atom is 0.269 e. The lowest BCUT2D eigenvalue weighted by Gasteiger charge is -2.22. The lowest BCUT2D eigenvalue weighted by molar-refractivity contribution is -0.133. The van der Waals surface area contributed by atoms with E-state index in [2.05, 4.69) is 20.9 Å². The first-order chi connectivity index (χ1) is 9.10. The number of pyridine rings is 1. The van der Waals surface area contributed by atoms with Crippen molar-refractivity contribution in [2.75, 3.05) is 12.4 Å². The maximum atomic E-state index is 11.6. The molecule has 0 radical (unpaired) electrons. The van der Waals surface area contributed by atoms with Crippen LogP contribution in [-0.4, -0.2) is 35.8 Å². The Hall–Kier alpha value is -2.44. The number of nitrogens with zero attached hydrogens (tertiary/aromatic N) is 1. The molecule has 100 valence electrons. The van der Waals surface area contributed by atoms with Crippen LogP contribution < -0.4 is 16.0 Å². The van der Waals surface area contributed by atoms with Gasteiger partial charge in [-0.2, -0.15) is 0 Å². The molecular weight excluding hydrogens is 248 g/mol. The molecule has 1 unspecified atom stereocenters.